The van der Waals surface area contributed by atoms with Crippen molar-refractivity contribution in [1.29, 1.82) is 0 Å². The lowest BCUT2D eigenvalue weighted by Gasteiger charge is -2.07. The van der Waals surface area contributed by atoms with E-state index in [4.69, 9.17) is 0 Å². The number of rotatable bonds is 0. The molecule has 2 N–H and O–H groups in total. The van der Waals surface area contributed by atoms with Gasteiger partial charge in [0.15, 0.2) is 0 Å². The molecule has 0 aromatic rings. The minimum absolute atomic E-state index is 0.216. The summed E-state index contributed by atoms with van der Waals surface area (Å²) in [6, 6.07) is 0. The third-order valence-corrected chi connectivity index (χ3v) is 4.81. The zero-order chi connectivity index (χ0) is 17.3. The number of amides is 2. The highest BCUT2D eigenvalue weighted by Gasteiger charge is 2.03. The van der Waals surface area contributed by atoms with Crippen LogP contribution in [0.4, 0.5) is 0 Å². The van der Waals surface area contributed by atoms with Gasteiger partial charge in [0.05, 0.1) is 0 Å². The molecule has 140 valence electrons. The van der Waals surface area contributed by atoms with Gasteiger partial charge in [0.25, 0.3) is 0 Å². The fraction of sp³-hybridized carbons (Fsp3) is 0.900. The fourth-order valence-corrected chi connectivity index (χ4v) is 3.22. The van der Waals surface area contributed by atoms with Crippen molar-refractivity contribution >= 4 is 11.8 Å². The van der Waals surface area contributed by atoms with Gasteiger partial charge in [-0.3, -0.25) is 9.59 Å². The zero-order valence-electron chi connectivity index (χ0n) is 15.5. The summed E-state index contributed by atoms with van der Waals surface area (Å²) in [5.41, 5.74) is 0. The maximum atomic E-state index is 11.7. The fourth-order valence-electron chi connectivity index (χ4n) is 3.22. The van der Waals surface area contributed by atoms with E-state index < -0.39 is 0 Å². The summed E-state index contributed by atoms with van der Waals surface area (Å²) in [5, 5.41) is 6.08. The van der Waals surface area contributed by atoms with Crippen LogP contribution in [0, 0.1) is 0 Å². The normalized spacial score (nSPS) is 22.5. The van der Waals surface area contributed by atoms with Crippen molar-refractivity contribution in [3.63, 3.8) is 0 Å². The van der Waals surface area contributed by atoms with Crippen LogP contribution in [0.25, 0.3) is 0 Å². The average Bonchev–Trinajstić information content (AvgIpc) is 2.57. The van der Waals surface area contributed by atoms with Crippen LogP contribution in [0.15, 0.2) is 0 Å². The van der Waals surface area contributed by atoms with E-state index in [0.717, 1.165) is 51.6 Å². The molecule has 0 saturated carbocycles. The quantitative estimate of drug-likeness (QED) is 0.684. The second-order valence-electron chi connectivity index (χ2n) is 7.15. The van der Waals surface area contributed by atoms with Crippen molar-refractivity contribution in [2.75, 3.05) is 13.1 Å². The summed E-state index contributed by atoms with van der Waals surface area (Å²) in [6.45, 7) is 1.69. The molecule has 1 heterocycles. The van der Waals surface area contributed by atoms with Gasteiger partial charge in [0.1, 0.15) is 0 Å². The topological polar surface area (TPSA) is 58.2 Å². The second-order valence-corrected chi connectivity index (χ2v) is 7.15. The Morgan fingerprint density at radius 2 is 0.708 bits per heavy atom. The maximum absolute atomic E-state index is 11.7. The van der Waals surface area contributed by atoms with Crippen LogP contribution >= 0.6 is 0 Å². The summed E-state index contributed by atoms with van der Waals surface area (Å²) in [7, 11) is 0. The largest absolute Gasteiger partial charge is 0.356 e. The van der Waals surface area contributed by atoms with E-state index in [1.807, 2.05) is 0 Å². The minimum Gasteiger partial charge on any atom is -0.356 e. The van der Waals surface area contributed by atoms with Crippen molar-refractivity contribution < 1.29 is 9.59 Å². The van der Waals surface area contributed by atoms with Gasteiger partial charge in [-0.15, -0.1) is 0 Å². The SMILES string of the molecule is O=C1CCCCCCCCC(=O)NCCCCCCCCCCN1. The van der Waals surface area contributed by atoms with Gasteiger partial charge >= 0.3 is 0 Å². The van der Waals surface area contributed by atoms with E-state index in [-0.39, 0.29) is 11.8 Å². The summed E-state index contributed by atoms with van der Waals surface area (Å²) < 4.78 is 0. The van der Waals surface area contributed by atoms with Crippen LogP contribution in [0.5, 0.6) is 0 Å². The van der Waals surface area contributed by atoms with Gasteiger partial charge in [-0.05, 0) is 25.7 Å². The van der Waals surface area contributed by atoms with Crippen LogP contribution in [-0.4, -0.2) is 24.9 Å². The molecule has 2 amide bonds. The first kappa shape index (κ1) is 21.0. The van der Waals surface area contributed by atoms with Crippen molar-refractivity contribution in [3.05, 3.63) is 0 Å². The van der Waals surface area contributed by atoms with Crippen LogP contribution in [0.3, 0.4) is 0 Å². The molecule has 4 heteroatoms. The van der Waals surface area contributed by atoms with E-state index in [2.05, 4.69) is 10.6 Å². The van der Waals surface area contributed by atoms with Gasteiger partial charge in [-0.2, -0.15) is 0 Å². The van der Waals surface area contributed by atoms with Gasteiger partial charge < -0.3 is 10.6 Å². The molecule has 0 aromatic heterocycles. The predicted octanol–water partition coefficient (Wildman–Crippen LogP) is 4.47. The molecule has 0 aliphatic carbocycles. The Morgan fingerprint density at radius 3 is 1.08 bits per heavy atom. The lowest BCUT2D eigenvalue weighted by molar-refractivity contribution is -0.122. The van der Waals surface area contributed by atoms with Crippen molar-refractivity contribution in [3.8, 4) is 0 Å². The molecule has 0 unspecified atom stereocenters. The van der Waals surface area contributed by atoms with Gasteiger partial charge in [-0.1, -0.05) is 64.2 Å². The smallest absolute Gasteiger partial charge is 0.219 e. The van der Waals surface area contributed by atoms with Crippen molar-refractivity contribution in [2.45, 2.75) is 103 Å². The summed E-state index contributed by atoms with van der Waals surface area (Å²) in [6.07, 6.45) is 17.7. The molecule has 0 atom stereocenters. The van der Waals surface area contributed by atoms with E-state index in [0.29, 0.717) is 12.8 Å². The predicted molar refractivity (Wildman–Crippen MR) is 99.9 cm³/mol. The Labute approximate surface area is 148 Å². The lowest BCUT2D eigenvalue weighted by Crippen LogP contribution is -2.24. The summed E-state index contributed by atoms with van der Waals surface area (Å²) >= 11 is 0. The van der Waals surface area contributed by atoms with Gasteiger partial charge in [0, 0.05) is 25.9 Å². The lowest BCUT2D eigenvalue weighted by atomic mass is 10.1. The van der Waals surface area contributed by atoms with E-state index in [1.54, 1.807) is 0 Å². The molecule has 1 aliphatic rings. The van der Waals surface area contributed by atoms with Crippen molar-refractivity contribution in [2.24, 2.45) is 0 Å². The average molecular weight is 339 g/mol. The van der Waals surface area contributed by atoms with E-state index in [9.17, 15) is 9.59 Å². The molecule has 0 aromatic carbocycles. The zero-order valence-corrected chi connectivity index (χ0v) is 15.5. The number of carbonyl (C=O) groups excluding carboxylic acids is 2. The Hall–Kier alpha value is -1.06. The highest BCUT2D eigenvalue weighted by atomic mass is 16.2. The Morgan fingerprint density at radius 1 is 0.417 bits per heavy atom. The third kappa shape index (κ3) is 13.4. The van der Waals surface area contributed by atoms with Crippen molar-refractivity contribution in [1.82, 2.24) is 10.6 Å². The molecule has 0 bridgehead atoms. The first-order valence-electron chi connectivity index (χ1n) is 10.3. The molecule has 0 spiro atoms. The van der Waals surface area contributed by atoms with E-state index >= 15 is 0 Å². The molecular weight excluding hydrogens is 300 g/mol. The first-order valence-corrected chi connectivity index (χ1v) is 10.3. The van der Waals surface area contributed by atoms with Crippen LogP contribution in [0.1, 0.15) is 103 Å². The number of carbonyl (C=O) groups is 2. The molecule has 1 aliphatic heterocycles. The monoisotopic (exact) mass is 338 g/mol. The van der Waals surface area contributed by atoms with Gasteiger partial charge in [-0.25, -0.2) is 0 Å². The highest BCUT2D eigenvalue weighted by molar-refractivity contribution is 5.76. The second kappa shape index (κ2) is 15.5. The Bertz CT molecular complexity index is 300. The number of nitrogens with one attached hydrogen (secondary N) is 2. The first-order chi connectivity index (χ1) is 11.8. The summed E-state index contributed by atoms with van der Waals surface area (Å²) in [5.74, 6) is 0.433. The summed E-state index contributed by atoms with van der Waals surface area (Å²) in [4.78, 5) is 23.4. The molecule has 1 fully saturated rings. The molecule has 24 heavy (non-hydrogen) atoms. The minimum atomic E-state index is 0.216. The number of hydrogen-bond acceptors (Lipinski definition) is 2. The Balaban J connectivity index is 2.16. The van der Waals surface area contributed by atoms with Crippen LogP contribution < -0.4 is 10.6 Å². The van der Waals surface area contributed by atoms with Crippen LogP contribution in [-0.2, 0) is 9.59 Å². The molecular formula is C20H38N2O2. The molecule has 0 radical (unpaired) electrons. The molecule has 1 rings (SSSR count). The molecule has 4 nitrogen and oxygen atoms in total. The number of hydrogen-bond donors (Lipinski definition) is 2. The standard InChI is InChI=1S/C20H38N2O2/c23-19-15-11-7-3-4-8-12-16-20(24)22-18-14-10-6-2-1-5-9-13-17-21-19/h1-18H2,(H,21,23)(H,22,24). The molecule has 1 saturated heterocycles. The third-order valence-electron chi connectivity index (χ3n) is 4.81. The van der Waals surface area contributed by atoms with Crippen LogP contribution in [0.2, 0.25) is 0 Å². The Kier molecular flexibility index (Phi) is 13.5. The highest BCUT2D eigenvalue weighted by Crippen LogP contribution is 2.10. The van der Waals surface area contributed by atoms with E-state index in [1.165, 1.54) is 51.4 Å². The van der Waals surface area contributed by atoms with Gasteiger partial charge in [0.2, 0.25) is 11.8 Å². The maximum Gasteiger partial charge on any atom is 0.219 e.